The molecule has 0 aliphatic rings. The number of nitro groups is 1. The van der Waals surface area contributed by atoms with Crippen LogP contribution in [0.5, 0.6) is 0 Å². The van der Waals surface area contributed by atoms with Crippen LogP contribution < -0.4 is 5.73 Å². The van der Waals surface area contributed by atoms with Crippen molar-refractivity contribution in [3.05, 3.63) is 39.4 Å². The lowest BCUT2D eigenvalue weighted by atomic mass is 10.1. The van der Waals surface area contributed by atoms with E-state index in [-0.39, 0.29) is 11.3 Å². The molecule has 0 radical (unpaired) electrons. The van der Waals surface area contributed by atoms with Crippen molar-refractivity contribution in [3.8, 4) is 17.9 Å². The SMILES string of the molecule is N#Cc1cc(C#CCCN)cc([N+](=O)[O-])c1. The van der Waals surface area contributed by atoms with E-state index in [0.29, 0.717) is 18.5 Å². The summed E-state index contributed by atoms with van der Waals surface area (Å²) in [5.41, 5.74) is 5.82. The standard InChI is InChI=1S/C11H9N3O2/c12-4-2-1-3-9-5-10(8-13)7-11(6-9)14(15)16/h5-7H,2,4,12H2. The van der Waals surface area contributed by atoms with Crippen molar-refractivity contribution in [1.29, 1.82) is 5.26 Å². The van der Waals surface area contributed by atoms with Gasteiger partial charge in [-0.3, -0.25) is 10.1 Å². The summed E-state index contributed by atoms with van der Waals surface area (Å²) < 4.78 is 0. The number of rotatable bonds is 2. The minimum Gasteiger partial charge on any atom is -0.330 e. The van der Waals surface area contributed by atoms with Crippen LogP contribution in [0.25, 0.3) is 0 Å². The summed E-state index contributed by atoms with van der Waals surface area (Å²) in [7, 11) is 0. The van der Waals surface area contributed by atoms with E-state index in [1.54, 1.807) is 0 Å². The van der Waals surface area contributed by atoms with Crippen LogP contribution in [-0.4, -0.2) is 11.5 Å². The van der Waals surface area contributed by atoms with E-state index >= 15 is 0 Å². The molecule has 0 heterocycles. The Hall–Kier alpha value is -2.37. The molecule has 5 nitrogen and oxygen atoms in total. The van der Waals surface area contributed by atoms with Crippen LogP contribution in [0.15, 0.2) is 18.2 Å². The number of hydrogen-bond acceptors (Lipinski definition) is 4. The Morgan fingerprint density at radius 2 is 2.06 bits per heavy atom. The molecule has 1 rings (SSSR count). The predicted molar refractivity (Wildman–Crippen MR) is 58.4 cm³/mol. The maximum atomic E-state index is 10.6. The zero-order valence-corrected chi connectivity index (χ0v) is 8.43. The summed E-state index contributed by atoms with van der Waals surface area (Å²) in [4.78, 5) is 10.0. The maximum Gasteiger partial charge on any atom is 0.271 e. The Balaban J connectivity index is 3.12. The van der Waals surface area contributed by atoms with Crippen molar-refractivity contribution < 1.29 is 4.92 Å². The summed E-state index contributed by atoms with van der Waals surface area (Å²) >= 11 is 0. The van der Waals surface area contributed by atoms with Gasteiger partial charge in [-0.25, -0.2) is 0 Å². The van der Waals surface area contributed by atoms with Gasteiger partial charge in [-0.05, 0) is 6.07 Å². The fourth-order valence-corrected chi connectivity index (χ4v) is 1.09. The first-order chi connectivity index (χ1) is 7.67. The van der Waals surface area contributed by atoms with E-state index in [9.17, 15) is 10.1 Å². The van der Waals surface area contributed by atoms with Gasteiger partial charge in [-0.15, -0.1) is 0 Å². The molecule has 80 valence electrons. The molecule has 0 aliphatic carbocycles. The van der Waals surface area contributed by atoms with Gasteiger partial charge in [0.1, 0.15) is 0 Å². The van der Waals surface area contributed by atoms with Gasteiger partial charge in [0, 0.05) is 30.7 Å². The lowest BCUT2D eigenvalue weighted by Gasteiger charge is -1.94. The van der Waals surface area contributed by atoms with E-state index in [0.717, 1.165) is 0 Å². The fourth-order valence-electron chi connectivity index (χ4n) is 1.09. The highest BCUT2D eigenvalue weighted by atomic mass is 16.6. The van der Waals surface area contributed by atoms with E-state index in [4.69, 9.17) is 11.0 Å². The van der Waals surface area contributed by atoms with Crippen molar-refractivity contribution in [3.63, 3.8) is 0 Å². The first-order valence-corrected chi connectivity index (χ1v) is 4.56. The van der Waals surface area contributed by atoms with Crippen molar-refractivity contribution in [2.45, 2.75) is 6.42 Å². The van der Waals surface area contributed by atoms with Crippen LogP contribution in [0.1, 0.15) is 17.5 Å². The molecule has 2 N–H and O–H groups in total. The Kier molecular flexibility index (Phi) is 4.02. The molecule has 1 aromatic rings. The zero-order valence-electron chi connectivity index (χ0n) is 8.43. The molecule has 0 saturated carbocycles. The minimum absolute atomic E-state index is 0.129. The highest BCUT2D eigenvalue weighted by molar-refractivity contribution is 5.50. The molecule has 0 amide bonds. The van der Waals surface area contributed by atoms with Gasteiger partial charge in [0.05, 0.1) is 16.6 Å². The second-order valence-electron chi connectivity index (χ2n) is 2.98. The van der Waals surface area contributed by atoms with Gasteiger partial charge in [0.2, 0.25) is 0 Å². The molecule has 0 bridgehead atoms. The minimum atomic E-state index is -0.547. The van der Waals surface area contributed by atoms with Crippen LogP contribution in [0.4, 0.5) is 5.69 Å². The number of nitriles is 1. The van der Waals surface area contributed by atoms with E-state index < -0.39 is 4.92 Å². The van der Waals surface area contributed by atoms with Crippen molar-refractivity contribution in [2.24, 2.45) is 5.73 Å². The Bertz CT molecular complexity index is 506. The summed E-state index contributed by atoms with van der Waals surface area (Å²) in [6, 6.07) is 5.92. The third-order valence-corrected chi connectivity index (χ3v) is 1.76. The largest absolute Gasteiger partial charge is 0.330 e. The van der Waals surface area contributed by atoms with Crippen molar-refractivity contribution >= 4 is 5.69 Å². The average Bonchev–Trinajstić information content (AvgIpc) is 2.29. The molecule has 16 heavy (non-hydrogen) atoms. The van der Waals surface area contributed by atoms with E-state index in [1.807, 2.05) is 6.07 Å². The van der Waals surface area contributed by atoms with Crippen LogP contribution in [0, 0.1) is 33.3 Å². The lowest BCUT2D eigenvalue weighted by Crippen LogP contribution is -1.95. The molecule has 5 heteroatoms. The van der Waals surface area contributed by atoms with Crippen LogP contribution >= 0.6 is 0 Å². The normalized spacial score (nSPS) is 8.75. The summed E-state index contributed by atoms with van der Waals surface area (Å²) in [6.45, 7) is 0.438. The van der Waals surface area contributed by atoms with Gasteiger partial charge >= 0.3 is 0 Å². The van der Waals surface area contributed by atoms with Crippen LogP contribution in [0.3, 0.4) is 0 Å². The Morgan fingerprint density at radius 3 is 2.62 bits per heavy atom. The lowest BCUT2D eigenvalue weighted by molar-refractivity contribution is -0.384. The number of benzene rings is 1. The molecular weight excluding hydrogens is 206 g/mol. The van der Waals surface area contributed by atoms with Crippen LogP contribution in [0.2, 0.25) is 0 Å². The molecule has 0 aromatic heterocycles. The molecule has 0 fully saturated rings. The third-order valence-electron chi connectivity index (χ3n) is 1.76. The summed E-state index contributed by atoms with van der Waals surface area (Å²) in [6.07, 6.45) is 0.518. The van der Waals surface area contributed by atoms with Crippen molar-refractivity contribution in [1.82, 2.24) is 0 Å². The number of nitrogens with zero attached hydrogens (tertiary/aromatic N) is 2. The second-order valence-corrected chi connectivity index (χ2v) is 2.98. The summed E-state index contributed by atoms with van der Waals surface area (Å²) in [5, 5.41) is 19.3. The number of non-ortho nitro benzene ring substituents is 1. The van der Waals surface area contributed by atoms with Gasteiger partial charge in [-0.1, -0.05) is 11.8 Å². The average molecular weight is 215 g/mol. The topological polar surface area (TPSA) is 93.0 Å². The number of nitrogens with two attached hydrogens (primary N) is 1. The maximum absolute atomic E-state index is 10.6. The van der Waals surface area contributed by atoms with E-state index in [2.05, 4.69) is 11.8 Å². The van der Waals surface area contributed by atoms with Crippen LogP contribution in [-0.2, 0) is 0 Å². The monoisotopic (exact) mass is 215 g/mol. The highest BCUT2D eigenvalue weighted by Crippen LogP contribution is 2.16. The summed E-state index contributed by atoms with van der Waals surface area (Å²) in [5.74, 6) is 5.49. The van der Waals surface area contributed by atoms with Gasteiger partial charge < -0.3 is 5.73 Å². The van der Waals surface area contributed by atoms with Crippen molar-refractivity contribution in [2.75, 3.05) is 6.54 Å². The first kappa shape index (κ1) is 11.7. The quantitative estimate of drug-likeness (QED) is 0.455. The Morgan fingerprint density at radius 1 is 1.38 bits per heavy atom. The molecule has 0 spiro atoms. The molecule has 1 aromatic carbocycles. The number of nitro benzene ring substituents is 1. The van der Waals surface area contributed by atoms with Gasteiger partial charge in [-0.2, -0.15) is 5.26 Å². The second kappa shape index (κ2) is 5.50. The molecule has 0 saturated heterocycles. The van der Waals surface area contributed by atoms with Gasteiger partial charge in [0.25, 0.3) is 5.69 Å². The number of hydrogen-bond donors (Lipinski definition) is 1. The smallest absolute Gasteiger partial charge is 0.271 e. The third kappa shape index (κ3) is 3.09. The first-order valence-electron chi connectivity index (χ1n) is 4.56. The molecule has 0 aliphatic heterocycles. The molecule has 0 atom stereocenters. The van der Waals surface area contributed by atoms with Gasteiger partial charge in [0.15, 0.2) is 0 Å². The molecule has 0 unspecified atom stereocenters. The highest BCUT2D eigenvalue weighted by Gasteiger charge is 2.08. The Labute approximate surface area is 92.6 Å². The van der Waals surface area contributed by atoms with E-state index in [1.165, 1.54) is 18.2 Å². The zero-order chi connectivity index (χ0) is 12.0. The molecular formula is C11H9N3O2. The fraction of sp³-hybridized carbons (Fsp3) is 0.182. The predicted octanol–water partition coefficient (Wildman–Crippen LogP) is 1.17.